The molecule has 4 rings (SSSR count). The molecule has 124 valence electrons. The molecule has 1 aliphatic rings. The number of nitrogens with one attached hydrogen (secondary N) is 1. The number of hydrogen-bond acceptors (Lipinski definition) is 5. The first kappa shape index (κ1) is 16.5. The van der Waals surface area contributed by atoms with Gasteiger partial charge in [0.2, 0.25) is 6.79 Å². The van der Waals surface area contributed by atoms with Crippen molar-refractivity contribution in [1.29, 1.82) is 0 Å². The number of halogens is 4. The van der Waals surface area contributed by atoms with Gasteiger partial charge in [-0.3, -0.25) is 0 Å². The summed E-state index contributed by atoms with van der Waals surface area (Å²) in [4.78, 5) is 7.90. The Bertz CT molecular complexity index is 940. The van der Waals surface area contributed by atoms with Crippen LogP contribution in [0.15, 0.2) is 30.6 Å². The molecule has 5 nitrogen and oxygen atoms in total. The number of rotatable bonds is 2. The Balaban J connectivity index is 0.00000169. The second kappa shape index (κ2) is 6.26. The molecule has 24 heavy (non-hydrogen) atoms. The molecule has 0 bridgehead atoms. The molecular weight excluding hydrogens is 363 g/mol. The van der Waals surface area contributed by atoms with Crippen molar-refractivity contribution in [2.45, 2.75) is 0 Å². The molecule has 2 aromatic carbocycles. The highest BCUT2D eigenvalue weighted by Gasteiger charge is 2.22. The minimum absolute atomic E-state index is 0. The van der Waals surface area contributed by atoms with Gasteiger partial charge in [-0.1, -0.05) is 11.6 Å². The normalized spacial score (nSPS) is 12.1. The van der Waals surface area contributed by atoms with Gasteiger partial charge in [-0.05, 0) is 12.1 Å². The predicted octanol–water partition coefficient (Wildman–Crippen LogP) is 4.46. The molecule has 0 spiro atoms. The predicted molar refractivity (Wildman–Crippen MR) is 87.6 cm³/mol. The summed E-state index contributed by atoms with van der Waals surface area (Å²) in [6.45, 7) is 0.0639. The zero-order valence-corrected chi connectivity index (χ0v) is 13.4. The summed E-state index contributed by atoms with van der Waals surface area (Å²) < 4.78 is 38.1. The molecule has 9 heteroatoms. The van der Waals surface area contributed by atoms with Gasteiger partial charge in [-0.2, -0.15) is 0 Å². The van der Waals surface area contributed by atoms with Gasteiger partial charge in [0.15, 0.2) is 11.5 Å². The fraction of sp³-hybridized carbons (Fsp3) is 0.0667. The minimum Gasteiger partial charge on any atom is -0.454 e. The van der Waals surface area contributed by atoms with Crippen LogP contribution < -0.4 is 14.8 Å². The van der Waals surface area contributed by atoms with Crippen LogP contribution >= 0.6 is 24.0 Å². The summed E-state index contributed by atoms with van der Waals surface area (Å²) in [6, 6.07) is 5.19. The summed E-state index contributed by atoms with van der Waals surface area (Å²) in [5.74, 6) is -0.411. The van der Waals surface area contributed by atoms with E-state index in [0.717, 1.165) is 12.1 Å². The Morgan fingerprint density at radius 2 is 1.96 bits per heavy atom. The van der Waals surface area contributed by atoms with Crippen molar-refractivity contribution in [2.24, 2.45) is 0 Å². The lowest BCUT2D eigenvalue weighted by atomic mass is 10.2. The number of ether oxygens (including phenoxy) is 2. The molecular formula is C15H9Cl2F2N3O2. The van der Waals surface area contributed by atoms with E-state index in [2.05, 4.69) is 15.3 Å². The third-order valence-electron chi connectivity index (χ3n) is 3.39. The average molecular weight is 372 g/mol. The molecule has 0 amide bonds. The van der Waals surface area contributed by atoms with E-state index in [1.165, 1.54) is 6.33 Å². The van der Waals surface area contributed by atoms with Crippen molar-refractivity contribution in [2.75, 3.05) is 12.1 Å². The van der Waals surface area contributed by atoms with Gasteiger partial charge in [0.1, 0.15) is 29.5 Å². The maximum atomic E-state index is 14.1. The van der Waals surface area contributed by atoms with Crippen LogP contribution in [0.5, 0.6) is 11.5 Å². The highest BCUT2D eigenvalue weighted by Crippen LogP contribution is 2.45. The maximum Gasteiger partial charge on any atom is 0.231 e. The minimum atomic E-state index is -0.774. The number of hydrogen-bond donors (Lipinski definition) is 1. The number of fused-ring (bicyclic) bond motifs is 2. The van der Waals surface area contributed by atoms with Crippen LogP contribution in [0.4, 0.5) is 20.3 Å². The monoisotopic (exact) mass is 371 g/mol. The summed E-state index contributed by atoms with van der Waals surface area (Å²) in [6.07, 6.45) is 1.21. The van der Waals surface area contributed by atoms with E-state index >= 15 is 0 Å². The Labute approximate surface area is 146 Å². The molecule has 0 aliphatic carbocycles. The first-order valence-corrected chi connectivity index (χ1v) is 6.96. The van der Waals surface area contributed by atoms with Gasteiger partial charge in [-0.15, -0.1) is 12.4 Å². The van der Waals surface area contributed by atoms with Gasteiger partial charge >= 0.3 is 0 Å². The zero-order valence-electron chi connectivity index (χ0n) is 11.8. The number of benzene rings is 2. The molecule has 1 aromatic heterocycles. The molecule has 0 fully saturated rings. The van der Waals surface area contributed by atoms with Crippen LogP contribution in [-0.4, -0.2) is 16.8 Å². The van der Waals surface area contributed by atoms with E-state index in [9.17, 15) is 8.78 Å². The van der Waals surface area contributed by atoms with E-state index in [1.54, 1.807) is 12.1 Å². The van der Waals surface area contributed by atoms with Gasteiger partial charge in [0, 0.05) is 12.1 Å². The van der Waals surface area contributed by atoms with E-state index < -0.39 is 11.6 Å². The Morgan fingerprint density at radius 3 is 2.79 bits per heavy atom. The van der Waals surface area contributed by atoms with Crippen molar-refractivity contribution < 1.29 is 18.3 Å². The molecule has 0 saturated carbocycles. The first-order valence-electron chi connectivity index (χ1n) is 6.58. The highest BCUT2D eigenvalue weighted by atomic mass is 35.5. The second-order valence-corrected chi connectivity index (χ2v) is 5.19. The van der Waals surface area contributed by atoms with Crippen molar-refractivity contribution in [3.05, 3.63) is 47.2 Å². The Hall–Kier alpha value is -2.38. The fourth-order valence-electron chi connectivity index (χ4n) is 2.39. The van der Waals surface area contributed by atoms with Gasteiger partial charge in [-0.25, -0.2) is 18.7 Å². The maximum absolute atomic E-state index is 14.1. The quantitative estimate of drug-likeness (QED) is 0.720. The Morgan fingerprint density at radius 1 is 1.12 bits per heavy atom. The third kappa shape index (κ3) is 2.65. The number of aromatic nitrogens is 2. The van der Waals surface area contributed by atoms with Crippen molar-refractivity contribution in [1.82, 2.24) is 9.97 Å². The van der Waals surface area contributed by atoms with Crippen LogP contribution in [0.25, 0.3) is 10.9 Å². The number of anilines is 2. The van der Waals surface area contributed by atoms with Crippen LogP contribution in [0.2, 0.25) is 5.02 Å². The molecule has 0 unspecified atom stereocenters. The van der Waals surface area contributed by atoms with Gasteiger partial charge in [0.25, 0.3) is 0 Å². The summed E-state index contributed by atoms with van der Waals surface area (Å²) in [7, 11) is 0. The van der Waals surface area contributed by atoms with E-state index in [0.29, 0.717) is 22.2 Å². The van der Waals surface area contributed by atoms with Crippen LogP contribution in [-0.2, 0) is 0 Å². The van der Waals surface area contributed by atoms with Crippen LogP contribution in [0.1, 0.15) is 0 Å². The second-order valence-electron chi connectivity index (χ2n) is 4.79. The summed E-state index contributed by atoms with van der Waals surface area (Å²) in [5, 5.41) is 3.33. The Kier molecular flexibility index (Phi) is 4.29. The standard InChI is InChI=1S/C15H8ClF2N3O2.ClH/c16-8-1-2-11-14(23-6-22-11)13(8)21-15-12-9(18)3-7(17)4-10(12)19-5-20-15;/h1-5H,6H2,(H,19,20,21);1H. The summed E-state index contributed by atoms with van der Waals surface area (Å²) >= 11 is 6.18. The molecule has 3 aromatic rings. The largest absolute Gasteiger partial charge is 0.454 e. The zero-order chi connectivity index (χ0) is 16.0. The van der Waals surface area contributed by atoms with E-state index in [-0.39, 0.29) is 35.9 Å². The highest BCUT2D eigenvalue weighted by molar-refractivity contribution is 6.34. The SMILES string of the molecule is Cl.Fc1cc(F)c2c(Nc3c(Cl)ccc4c3OCO4)ncnc2c1. The van der Waals surface area contributed by atoms with Crippen LogP contribution in [0.3, 0.4) is 0 Å². The topological polar surface area (TPSA) is 56.3 Å². The van der Waals surface area contributed by atoms with Crippen molar-refractivity contribution in [3.8, 4) is 11.5 Å². The van der Waals surface area contributed by atoms with Gasteiger partial charge in [0.05, 0.1) is 15.9 Å². The lowest BCUT2D eigenvalue weighted by Gasteiger charge is -2.12. The molecule has 1 N–H and O–H groups in total. The van der Waals surface area contributed by atoms with Crippen molar-refractivity contribution in [3.63, 3.8) is 0 Å². The lowest BCUT2D eigenvalue weighted by Crippen LogP contribution is -2.00. The molecule has 0 radical (unpaired) electrons. The van der Waals surface area contributed by atoms with E-state index in [4.69, 9.17) is 21.1 Å². The third-order valence-corrected chi connectivity index (χ3v) is 3.70. The van der Waals surface area contributed by atoms with Crippen molar-refractivity contribution >= 4 is 46.4 Å². The fourth-order valence-corrected chi connectivity index (χ4v) is 2.58. The molecule has 2 heterocycles. The summed E-state index contributed by atoms with van der Waals surface area (Å²) in [5.41, 5.74) is 0.534. The molecule has 0 atom stereocenters. The average Bonchev–Trinajstić information content (AvgIpc) is 2.98. The lowest BCUT2D eigenvalue weighted by molar-refractivity contribution is 0.174. The molecule has 0 saturated heterocycles. The van der Waals surface area contributed by atoms with E-state index in [1.807, 2.05) is 0 Å². The number of nitrogens with zero attached hydrogens (tertiary/aromatic N) is 2. The van der Waals surface area contributed by atoms with Gasteiger partial charge < -0.3 is 14.8 Å². The van der Waals surface area contributed by atoms with Crippen LogP contribution in [0, 0.1) is 11.6 Å². The smallest absolute Gasteiger partial charge is 0.231 e. The molecule has 1 aliphatic heterocycles. The first-order chi connectivity index (χ1) is 11.1.